The van der Waals surface area contributed by atoms with E-state index in [9.17, 15) is 9.59 Å². The Kier molecular flexibility index (Phi) is 59.5. The highest BCUT2D eigenvalue weighted by Crippen LogP contribution is 2.20. The molecule has 338 valence electrons. The van der Waals surface area contributed by atoms with Gasteiger partial charge in [-0.3, -0.25) is 4.79 Å². The summed E-state index contributed by atoms with van der Waals surface area (Å²) in [6.45, 7) is 17.3. The topological polar surface area (TPSA) is 76.1 Å². The molecule has 0 heterocycles. The zero-order valence-corrected chi connectivity index (χ0v) is 39.1. The predicted molar refractivity (Wildman–Crippen MR) is 246 cm³/mol. The van der Waals surface area contributed by atoms with E-state index in [0.717, 1.165) is 57.6 Å². The minimum absolute atomic E-state index is 0.309. The highest BCUT2D eigenvalue weighted by atomic mass is 16.5. The van der Waals surface area contributed by atoms with E-state index in [1.807, 2.05) is 7.11 Å². The molecule has 0 rings (SSSR count). The number of nitrogens with zero attached hydrogens (tertiary/aromatic N) is 1. The summed E-state index contributed by atoms with van der Waals surface area (Å²) in [5.41, 5.74) is 0. The number of unbranched alkanes of at least 4 members (excludes halogenated alkanes) is 23. The van der Waals surface area contributed by atoms with Gasteiger partial charge < -0.3 is 24.3 Å². The predicted octanol–water partition coefficient (Wildman–Crippen LogP) is 14.9. The molecule has 0 aromatic rings. The van der Waals surface area contributed by atoms with Crippen LogP contribution in [-0.4, -0.2) is 69.3 Å². The van der Waals surface area contributed by atoms with Crippen LogP contribution >= 0.6 is 0 Å². The number of carbonyl (C=O) groups is 2. The Morgan fingerprint density at radius 3 is 1.16 bits per heavy atom. The van der Waals surface area contributed by atoms with Crippen LogP contribution in [0.2, 0.25) is 0 Å². The smallest absolute Gasteiger partial charge is 0.293 e. The molecule has 0 fully saturated rings. The Morgan fingerprint density at radius 1 is 0.446 bits per heavy atom. The molecule has 0 saturated heterocycles. The van der Waals surface area contributed by atoms with Crippen molar-refractivity contribution in [3.8, 4) is 0 Å². The molecule has 2 unspecified atom stereocenters. The molecule has 0 aromatic heterocycles. The third-order valence-corrected chi connectivity index (χ3v) is 11.2. The van der Waals surface area contributed by atoms with Gasteiger partial charge in [-0.05, 0) is 89.3 Å². The number of rotatable bonds is 44. The average Bonchev–Trinajstić information content (AvgIpc) is 3.21. The summed E-state index contributed by atoms with van der Waals surface area (Å²) >= 11 is 0. The molecule has 1 N–H and O–H groups in total. The lowest BCUT2D eigenvalue weighted by atomic mass is 9.95. The zero-order chi connectivity index (χ0) is 41.8. The van der Waals surface area contributed by atoms with Gasteiger partial charge in [0.25, 0.3) is 6.47 Å². The first-order valence-corrected chi connectivity index (χ1v) is 24.9. The van der Waals surface area contributed by atoms with E-state index >= 15 is 0 Å². The lowest BCUT2D eigenvalue weighted by molar-refractivity contribution is -0.130. The van der Waals surface area contributed by atoms with Gasteiger partial charge in [0, 0.05) is 26.7 Å². The maximum atomic E-state index is 10.3. The number of methoxy groups -OCH3 is 1. The van der Waals surface area contributed by atoms with Crippen molar-refractivity contribution in [2.45, 2.75) is 253 Å². The molecule has 2 atom stereocenters. The molecular weight excluding hydrogens is 695 g/mol. The summed E-state index contributed by atoms with van der Waals surface area (Å²) in [5.74, 6) is 1.41. The van der Waals surface area contributed by atoms with Crippen molar-refractivity contribution >= 4 is 12.8 Å². The van der Waals surface area contributed by atoms with E-state index in [1.54, 1.807) is 0 Å². The van der Waals surface area contributed by atoms with Gasteiger partial charge in [-0.25, -0.2) is 0 Å². The molecule has 6 nitrogen and oxygen atoms in total. The van der Waals surface area contributed by atoms with Gasteiger partial charge in [-0.1, -0.05) is 189 Å². The van der Waals surface area contributed by atoms with Gasteiger partial charge in [0.05, 0.1) is 6.61 Å². The quantitative estimate of drug-likeness (QED) is 0.0489. The summed E-state index contributed by atoms with van der Waals surface area (Å²) in [6.07, 6.45) is 44.9. The Morgan fingerprint density at radius 2 is 0.786 bits per heavy atom. The number of ether oxygens (including phenoxy) is 2. The molecule has 0 aromatic carbocycles. The van der Waals surface area contributed by atoms with Crippen LogP contribution in [0.3, 0.4) is 0 Å². The van der Waals surface area contributed by atoms with Gasteiger partial charge in [-0.15, -0.1) is 0 Å². The van der Waals surface area contributed by atoms with Crippen LogP contribution < -0.4 is 0 Å². The number of hydrogen-bond donors (Lipinski definition) is 1. The number of carbonyl (C=O) groups excluding carboxylic acids is 2. The van der Waals surface area contributed by atoms with Crippen LogP contribution in [0.5, 0.6) is 0 Å². The molecule has 0 aliphatic rings. The van der Waals surface area contributed by atoms with E-state index in [-0.39, 0.29) is 0 Å². The molecule has 0 aliphatic carbocycles. The lowest BCUT2D eigenvalue weighted by Crippen LogP contribution is -2.27. The van der Waals surface area contributed by atoms with Crippen molar-refractivity contribution in [3.05, 3.63) is 0 Å². The number of aliphatic hydroxyl groups excluding tert-OH is 1. The highest BCUT2D eigenvalue weighted by Gasteiger charge is 2.10. The molecule has 0 saturated carbocycles. The fourth-order valence-electron chi connectivity index (χ4n) is 7.46. The number of aliphatic hydroxyl groups is 1. The second-order valence-electron chi connectivity index (χ2n) is 16.8. The van der Waals surface area contributed by atoms with Crippen LogP contribution in [0.25, 0.3) is 0 Å². The second kappa shape index (κ2) is 56.1. The minimum atomic E-state index is 0.309. The van der Waals surface area contributed by atoms with Gasteiger partial charge in [-0.2, -0.15) is 0 Å². The van der Waals surface area contributed by atoms with Crippen LogP contribution in [0.15, 0.2) is 0 Å². The van der Waals surface area contributed by atoms with E-state index in [1.165, 1.54) is 193 Å². The van der Waals surface area contributed by atoms with Crippen molar-refractivity contribution in [1.29, 1.82) is 0 Å². The summed E-state index contributed by atoms with van der Waals surface area (Å²) < 4.78 is 10.3. The van der Waals surface area contributed by atoms with Gasteiger partial charge >= 0.3 is 0 Å². The molecule has 0 spiro atoms. The normalized spacial score (nSPS) is 12.1. The fourth-order valence-corrected chi connectivity index (χ4v) is 7.46. The maximum absolute atomic E-state index is 10.3. The standard InChI is InChI=1S/C17H34O2.C17H36O.C16H33NO2/c1-3-5-7-9-10-12-14-17(15-19-16-18)13-11-8-6-4-2;1-4-6-8-10-11-13-15-17(16-18-3)14-12-9-7-5-2;1-2-3-4-7-12-17(14-9-11-16-19)13-8-5-6-10-15-18/h16-17H,3-15H2,1-2H3;17H,4-16H2,1-3H3;15,19H,2-14,16H2,1H3. The number of aldehydes is 1. The summed E-state index contributed by atoms with van der Waals surface area (Å²) in [7, 11) is 1.85. The SMILES string of the molecule is CCCCCCCCC(CCCCCC)COC.CCCCCCCCC(CCCCCC)COC=O.CCCCCCN(CCCCO)CCCCCC=O. The minimum Gasteiger partial charge on any atom is -0.468 e. The second-order valence-corrected chi connectivity index (χ2v) is 16.8. The number of hydrogen-bond acceptors (Lipinski definition) is 6. The molecular formula is C50H103NO5. The monoisotopic (exact) mass is 798 g/mol. The Balaban J connectivity index is -0.000000753. The molecule has 56 heavy (non-hydrogen) atoms. The largest absolute Gasteiger partial charge is 0.468 e. The first-order chi connectivity index (χ1) is 27.5. The van der Waals surface area contributed by atoms with Crippen molar-refractivity contribution in [2.75, 3.05) is 46.6 Å². The first-order valence-electron chi connectivity index (χ1n) is 24.9. The summed E-state index contributed by atoms with van der Waals surface area (Å²) in [6, 6.07) is 0. The first kappa shape index (κ1) is 59.3. The van der Waals surface area contributed by atoms with Crippen LogP contribution in [0.1, 0.15) is 253 Å². The average molecular weight is 798 g/mol. The van der Waals surface area contributed by atoms with Gasteiger partial charge in [0.1, 0.15) is 6.29 Å². The molecule has 6 heteroatoms. The highest BCUT2D eigenvalue weighted by molar-refractivity contribution is 5.48. The Labute approximate surface area is 352 Å². The third kappa shape index (κ3) is 53.0. The van der Waals surface area contributed by atoms with Crippen molar-refractivity contribution in [2.24, 2.45) is 11.8 Å². The van der Waals surface area contributed by atoms with E-state index in [0.29, 0.717) is 32.0 Å². The molecule has 0 amide bonds. The molecule has 0 aliphatic heterocycles. The van der Waals surface area contributed by atoms with E-state index < -0.39 is 0 Å². The third-order valence-electron chi connectivity index (χ3n) is 11.2. The van der Waals surface area contributed by atoms with Crippen molar-refractivity contribution in [3.63, 3.8) is 0 Å². The van der Waals surface area contributed by atoms with Crippen molar-refractivity contribution in [1.82, 2.24) is 4.90 Å². The molecule has 0 bridgehead atoms. The van der Waals surface area contributed by atoms with E-state index in [4.69, 9.17) is 14.6 Å². The summed E-state index contributed by atoms with van der Waals surface area (Å²) in [5, 5.41) is 8.85. The van der Waals surface area contributed by atoms with Crippen LogP contribution in [0, 0.1) is 11.8 Å². The fraction of sp³-hybridized carbons (Fsp3) is 0.960. The van der Waals surface area contributed by atoms with E-state index in [2.05, 4.69) is 39.5 Å². The van der Waals surface area contributed by atoms with Gasteiger partial charge in [0.2, 0.25) is 0 Å². The Hall–Kier alpha value is -0.980. The maximum Gasteiger partial charge on any atom is 0.293 e. The lowest BCUT2D eigenvalue weighted by Gasteiger charge is -2.22. The van der Waals surface area contributed by atoms with Crippen LogP contribution in [-0.2, 0) is 19.1 Å². The van der Waals surface area contributed by atoms with Crippen LogP contribution in [0.4, 0.5) is 0 Å². The van der Waals surface area contributed by atoms with Crippen molar-refractivity contribution < 1.29 is 24.2 Å². The van der Waals surface area contributed by atoms with Gasteiger partial charge in [0.15, 0.2) is 0 Å². The Bertz CT molecular complexity index is 692. The zero-order valence-electron chi connectivity index (χ0n) is 39.1. The molecule has 0 radical (unpaired) electrons. The summed E-state index contributed by atoms with van der Waals surface area (Å²) in [4.78, 5) is 23.1.